The maximum absolute atomic E-state index is 4.56. The molecule has 2 aromatic carbocycles. The van der Waals surface area contributed by atoms with Crippen LogP contribution in [-0.2, 0) is 7.05 Å². The van der Waals surface area contributed by atoms with Gasteiger partial charge in [0.2, 0.25) is 5.69 Å². The number of para-hydroxylation sites is 1. The van der Waals surface area contributed by atoms with Crippen LogP contribution in [0.1, 0.15) is 5.56 Å². The van der Waals surface area contributed by atoms with Crippen LogP contribution < -0.4 is 4.57 Å². The molecule has 0 saturated carbocycles. The highest BCUT2D eigenvalue weighted by molar-refractivity contribution is 6.23. The summed E-state index contributed by atoms with van der Waals surface area (Å²) >= 11 is 0. The molecular weight excluding hydrogens is 330 g/mol. The van der Waals surface area contributed by atoms with Gasteiger partial charge in [0.15, 0.2) is 6.20 Å². The van der Waals surface area contributed by atoms with Gasteiger partial charge in [0.1, 0.15) is 7.05 Å². The zero-order chi connectivity index (χ0) is 18.1. The zero-order valence-corrected chi connectivity index (χ0v) is 15.3. The minimum atomic E-state index is 1.22. The fourth-order valence-corrected chi connectivity index (χ4v) is 4.53. The van der Waals surface area contributed by atoms with Crippen molar-refractivity contribution in [1.82, 2.24) is 9.38 Å². The average molecular weight is 348 g/mol. The highest BCUT2D eigenvalue weighted by atomic mass is 14.9. The molecule has 3 nitrogen and oxygen atoms in total. The summed E-state index contributed by atoms with van der Waals surface area (Å²) in [7, 11) is 2.10. The fraction of sp³-hybridized carbons (Fsp3) is 0.0833. The molecule has 27 heavy (non-hydrogen) atoms. The molecule has 6 rings (SSSR count). The second kappa shape index (κ2) is 5.04. The third-order valence-corrected chi connectivity index (χ3v) is 5.78. The van der Waals surface area contributed by atoms with Crippen LogP contribution >= 0.6 is 0 Å². The molecule has 0 bridgehead atoms. The lowest BCUT2D eigenvalue weighted by Crippen LogP contribution is -2.30. The molecule has 0 aliphatic rings. The molecule has 0 N–H and O–H groups in total. The smallest absolute Gasteiger partial charge is 0.212 e. The number of hydrogen-bond donors (Lipinski definition) is 0. The maximum atomic E-state index is 4.56. The Kier molecular flexibility index (Phi) is 2.74. The summed E-state index contributed by atoms with van der Waals surface area (Å²) in [6.07, 6.45) is 6.10. The zero-order valence-electron chi connectivity index (χ0n) is 15.3. The Morgan fingerprint density at radius 1 is 0.815 bits per heavy atom. The number of aromatic nitrogens is 3. The molecule has 0 fully saturated rings. The van der Waals surface area contributed by atoms with Crippen LogP contribution in [0, 0.1) is 6.92 Å². The van der Waals surface area contributed by atoms with Crippen LogP contribution in [0.15, 0.2) is 73.2 Å². The van der Waals surface area contributed by atoms with Crippen molar-refractivity contribution in [2.75, 3.05) is 0 Å². The van der Waals surface area contributed by atoms with E-state index in [1.165, 1.54) is 54.9 Å². The van der Waals surface area contributed by atoms with E-state index in [0.29, 0.717) is 0 Å². The molecule has 0 spiro atoms. The number of benzene rings is 2. The quantitative estimate of drug-likeness (QED) is 0.382. The fourth-order valence-electron chi connectivity index (χ4n) is 4.53. The first kappa shape index (κ1) is 14.7. The van der Waals surface area contributed by atoms with E-state index >= 15 is 0 Å². The lowest BCUT2D eigenvalue weighted by molar-refractivity contribution is -0.660. The largest absolute Gasteiger partial charge is 0.308 e. The molecule has 128 valence electrons. The average Bonchev–Trinajstić information content (AvgIpc) is 3.19. The Morgan fingerprint density at radius 3 is 2.44 bits per heavy atom. The van der Waals surface area contributed by atoms with Crippen molar-refractivity contribution in [2.24, 2.45) is 7.05 Å². The monoisotopic (exact) mass is 348 g/mol. The number of rotatable bonds is 1. The summed E-state index contributed by atoms with van der Waals surface area (Å²) in [4.78, 5) is 4.56. The standard InChI is InChI=1S/C24H18N3/c1-15-11-23-18(12-17(15)21-8-5-6-10-26(21)2)20-14-25-13-19-16-7-3-4-9-22(16)27(23)24(19)20/h3-14H,1-2H3/q+1. The molecule has 6 aromatic rings. The molecular formula is C24H18N3+. The van der Waals surface area contributed by atoms with E-state index < -0.39 is 0 Å². The lowest BCUT2D eigenvalue weighted by Gasteiger charge is -2.06. The van der Waals surface area contributed by atoms with Crippen LogP contribution in [0.3, 0.4) is 0 Å². The van der Waals surface area contributed by atoms with Crippen LogP contribution in [0.5, 0.6) is 0 Å². The third kappa shape index (κ3) is 1.81. The molecule has 0 aliphatic heterocycles. The second-order valence-corrected chi connectivity index (χ2v) is 7.32. The van der Waals surface area contributed by atoms with E-state index in [1.54, 1.807) is 0 Å². The molecule has 3 heteroatoms. The van der Waals surface area contributed by atoms with Crippen LogP contribution in [-0.4, -0.2) is 9.38 Å². The first-order valence-corrected chi connectivity index (χ1v) is 9.21. The molecule has 0 atom stereocenters. The molecule has 0 amide bonds. The van der Waals surface area contributed by atoms with E-state index in [-0.39, 0.29) is 0 Å². The van der Waals surface area contributed by atoms with Gasteiger partial charge in [-0.1, -0.05) is 18.2 Å². The minimum absolute atomic E-state index is 1.22. The summed E-state index contributed by atoms with van der Waals surface area (Å²) in [5, 5.41) is 4.98. The van der Waals surface area contributed by atoms with Crippen molar-refractivity contribution in [3.05, 3.63) is 78.8 Å². The van der Waals surface area contributed by atoms with Gasteiger partial charge in [-0.25, -0.2) is 4.57 Å². The molecule has 0 unspecified atom stereocenters. The van der Waals surface area contributed by atoms with Gasteiger partial charge < -0.3 is 4.40 Å². The van der Waals surface area contributed by atoms with Crippen molar-refractivity contribution in [1.29, 1.82) is 0 Å². The van der Waals surface area contributed by atoms with Crippen molar-refractivity contribution in [2.45, 2.75) is 6.92 Å². The molecule has 0 radical (unpaired) electrons. The van der Waals surface area contributed by atoms with Crippen molar-refractivity contribution in [3.8, 4) is 11.3 Å². The van der Waals surface area contributed by atoms with Crippen molar-refractivity contribution >= 4 is 38.1 Å². The van der Waals surface area contributed by atoms with Gasteiger partial charge in [0, 0.05) is 51.6 Å². The first-order valence-electron chi connectivity index (χ1n) is 9.21. The van der Waals surface area contributed by atoms with E-state index in [0.717, 1.165) is 0 Å². The number of pyridine rings is 2. The maximum Gasteiger partial charge on any atom is 0.212 e. The van der Waals surface area contributed by atoms with Crippen LogP contribution in [0.4, 0.5) is 0 Å². The molecule has 4 heterocycles. The lowest BCUT2D eigenvalue weighted by atomic mass is 10.0. The van der Waals surface area contributed by atoms with Gasteiger partial charge in [-0.05, 0) is 36.8 Å². The molecule has 0 saturated heterocycles. The Bertz CT molecular complexity index is 1490. The Balaban J connectivity index is 1.84. The van der Waals surface area contributed by atoms with Gasteiger partial charge >= 0.3 is 0 Å². The number of aryl methyl sites for hydroxylation is 2. The van der Waals surface area contributed by atoms with Gasteiger partial charge in [0.25, 0.3) is 0 Å². The van der Waals surface area contributed by atoms with Crippen molar-refractivity contribution < 1.29 is 4.57 Å². The van der Waals surface area contributed by atoms with E-state index in [9.17, 15) is 0 Å². The van der Waals surface area contributed by atoms with E-state index in [2.05, 4.69) is 88.7 Å². The number of fused-ring (bicyclic) bond motifs is 6. The van der Waals surface area contributed by atoms with Gasteiger partial charge in [0.05, 0.1) is 16.6 Å². The Hall–Kier alpha value is -3.46. The summed E-state index contributed by atoms with van der Waals surface area (Å²) in [5.74, 6) is 0. The van der Waals surface area contributed by atoms with Gasteiger partial charge in [-0.3, -0.25) is 4.98 Å². The van der Waals surface area contributed by atoms with Crippen LogP contribution in [0.2, 0.25) is 0 Å². The number of hydrogen-bond acceptors (Lipinski definition) is 1. The Labute approximate surface area is 156 Å². The predicted octanol–water partition coefficient (Wildman–Crippen LogP) is 5.03. The normalized spacial score (nSPS) is 12.1. The topological polar surface area (TPSA) is 21.2 Å². The summed E-state index contributed by atoms with van der Waals surface area (Å²) in [6.45, 7) is 2.20. The second-order valence-electron chi connectivity index (χ2n) is 7.32. The minimum Gasteiger partial charge on any atom is -0.308 e. The summed E-state index contributed by atoms with van der Waals surface area (Å²) in [5.41, 5.74) is 7.54. The summed E-state index contributed by atoms with van der Waals surface area (Å²) in [6, 6.07) is 19.6. The van der Waals surface area contributed by atoms with E-state index in [4.69, 9.17) is 0 Å². The summed E-state index contributed by atoms with van der Waals surface area (Å²) < 4.78 is 4.58. The predicted molar refractivity (Wildman–Crippen MR) is 110 cm³/mol. The van der Waals surface area contributed by atoms with Crippen LogP contribution in [0.25, 0.3) is 49.4 Å². The highest BCUT2D eigenvalue weighted by Gasteiger charge is 2.20. The van der Waals surface area contributed by atoms with Gasteiger partial charge in [-0.15, -0.1) is 0 Å². The highest BCUT2D eigenvalue weighted by Crippen LogP contribution is 2.40. The third-order valence-electron chi connectivity index (χ3n) is 5.78. The number of nitrogens with zero attached hydrogens (tertiary/aromatic N) is 3. The first-order chi connectivity index (χ1) is 13.2. The SMILES string of the molecule is Cc1cc2c(cc1-c1cccc[n+]1C)c1cncc3c4ccccc4n2c31. The van der Waals surface area contributed by atoms with Gasteiger partial charge in [-0.2, -0.15) is 0 Å². The van der Waals surface area contributed by atoms with E-state index in [1.807, 2.05) is 12.4 Å². The molecule has 0 aliphatic carbocycles. The Morgan fingerprint density at radius 2 is 1.59 bits per heavy atom. The van der Waals surface area contributed by atoms with Crippen molar-refractivity contribution in [3.63, 3.8) is 0 Å². The molecule has 4 aromatic heterocycles.